The summed E-state index contributed by atoms with van der Waals surface area (Å²) in [7, 11) is -0.691. The molecule has 0 atom stereocenters. The minimum absolute atomic E-state index is 0. The highest BCUT2D eigenvalue weighted by Crippen LogP contribution is 2.23. The predicted molar refractivity (Wildman–Crippen MR) is 59.0 cm³/mol. The van der Waals surface area contributed by atoms with Gasteiger partial charge in [-0.2, -0.15) is 0 Å². The molecular formula is C8H24Si2. The topological polar surface area (TPSA) is 0 Å². The Hall–Kier alpha value is 0.434. The molecule has 0 unspecified atom stereocenters. The van der Waals surface area contributed by atoms with Crippen LogP contribution in [0.4, 0.5) is 0 Å². The van der Waals surface area contributed by atoms with Crippen molar-refractivity contribution in [2.45, 2.75) is 51.9 Å². The zero-order chi connectivity index (χ0) is 7.33. The lowest BCUT2D eigenvalue weighted by molar-refractivity contribution is 1.11. The zero-order valence-electron chi connectivity index (χ0n) is 7.33. The van der Waals surface area contributed by atoms with Gasteiger partial charge in [0.1, 0.15) is 0 Å². The number of rotatable bonds is 4. The van der Waals surface area contributed by atoms with Gasteiger partial charge in [0, 0.05) is 0 Å². The maximum Gasteiger partial charge on any atom is 0.0524 e. The minimum atomic E-state index is -0.691. The van der Waals surface area contributed by atoms with Crippen LogP contribution in [-0.2, 0) is 0 Å². The molecule has 0 saturated carbocycles. The van der Waals surface area contributed by atoms with Crippen molar-refractivity contribution in [3.63, 3.8) is 0 Å². The average molecular weight is 176 g/mol. The lowest BCUT2D eigenvalue weighted by Crippen LogP contribution is -2.29. The highest BCUT2D eigenvalue weighted by atomic mass is 28.3. The molecule has 0 fully saturated rings. The van der Waals surface area contributed by atoms with Gasteiger partial charge in [0.2, 0.25) is 0 Å². The first kappa shape index (κ1) is 13.1. The zero-order valence-corrected chi connectivity index (χ0v) is 8.33. The van der Waals surface area contributed by atoms with Crippen molar-refractivity contribution in [2.24, 2.45) is 0 Å². The molecule has 0 aliphatic rings. The van der Waals surface area contributed by atoms with Crippen molar-refractivity contribution < 1.29 is 0 Å². The molecule has 0 amide bonds. The fourth-order valence-corrected chi connectivity index (χ4v) is 4.50. The lowest BCUT2D eigenvalue weighted by Gasteiger charge is -2.25. The number of hydrogen-bond acceptors (Lipinski definition) is 0. The van der Waals surface area contributed by atoms with Gasteiger partial charge >= 0.3 is 0 Å². The SMILES string of the molecule is CC[Si](CC)(CC)CC.[SiH4]. The van der Waals surface area contributed by atoms with Crippen LogP contribution < -0.4 is 0 Å². The summed E-state index contributed by atoms with van der Waals surface area (Å²) in [6.07, 6.45) is 0. The molecule has 0 aliphatic carbocycles. The normalized spacial score (nSPS) is 10.8. The standard InChI is InChI=1S/C8H20Si.H4Si/c1-5-9(6-2,7-3)8-4;/h5-8H2,1-4H3;1H4. The third-order valence-corrected chi connectivity index (χ3v) is 9.00. The third-order valence-electron chi connectivity index (χ3n) is 3.00. The van der Waals surface area contributed by atoms with Crippen molar-refractivity contribution in [2.75, 3.05) is 0 Å². The van der Waals surface area contributed by atoms with E-state index in [1.54, 1.807) is 0 Å². The molecule has 0 nitrogen and oxygen atoms in total. The Bertz CT molecular complexity index is 50.1. The molecule has 0 bridgehead atoms. The van der Waals surface area contributed by atoms with E-state index in [0.29, 0.717) is 0 Å². The molecule has 0 saturated heterocycles. The van der Waals surface area contributed by atoms with Crippen LogP contribution in [0.3, 0.4) is 0 Å². The molecule has 0 heterocycles. The van der Waals surface area contributed by atoms with E-state index in [9.17, 15) is 0 Å². The van der Waals surface area contributed by atoms with Crippen molar-refractivity contribution in [1.82, 2.24) is 0 Å². The van der Waals surface area contributed by atoms with Crippen LogP contribution in [-0.4, -0.2) is 19.0 Å². The average Bonchev–Trinajstić information content (AvgIpc) is 1.95. The first-order valence-electron chi connectivity index (χ1n) is 4.24. The molecule has 0 aromatic heterocycles. The van der Waals surface area contributed by atoms with Crippen molar-refractivity contribution in [1.29, 1.82) is 0 Å². The van der Waals surface area contributed by atoms with E-state index in [1.165, 1.54) is 24.2 Å². The second-order valence-corrected chi connectivity index (χ2v) is 8.74. The van der Waals surface area contributed by atoms with Gasteiger partial charge < -0.3 is 0 Å². The molecule has 0 aliphatic heterocycles. The Morgan fingerprint density at radius 3 is 0.900 bits per heavy atom. The summed E-state index contributed by atoms with van der Waals surface area (Å²) in [6, 6.07) is 5.93. The largest absolute Gasteiger partial charge is 0.0678 e. The summed E-state index contributed by atoms with van der Waals surface area (Å²) in [4.78, 5) is 0. The fraction of sp³-hybridized carbons (Fsp3) is 1.00. The Kier molecular flexibility index (Phi) is 8.05. The van der Waals surface area contributed by atoms with Crippen LogP contribution in [0.25, 0.3) is 0 Å². The Morgan fingerprint density at radius 1 is 0.700 bits per heavy atom. The molecule has 0 aromatic rings. The van der Waals surface area contributed by atoms with Crippen LogP contribution in [0.2, 0.25) is 24.2 Å². The van der Waals surface area contributed by atoms with Gasteiger partial charge in [-0.3, -0.25) is 0 Å². The van der Waals surface area contributed by atoms with Gasteiger partial charge in [-0.05, 0) is 11.0 Å². The van der Waals surface area contributed by atoms with Gasteiger partial charge in [-0.1, -0.05) is 51.9 Å². The second-order valence-electron chi connectivity index (χ2n) is 2.91. The molecule has 0 rings (SSSR count). The lowest BCUT2D eigenvalue weighted by atomic mass is 10.9. The molecule has 0 radical (unpaired) electrons. The van der Waals surface area contributed by atoms with Gasteiger partial charge in [-0.25, -0.2) is 0 Å². The summed E-state index contributed by atoms with van der Waals surface area (Å²) in [5.41, 5.74) is 0. The summed E-state index contributed by atoms with van der Waals surface area (Å²) in [5, 5.41) is 0. The molecular weight excluding hydrogens is 152 g/mol. The van der Waals surface area contributed by atoms with E-state index < -0.39 is 8.07 Å². The summed E-state index contributed by atoms with van der Waals surface area (Å²) in [6.45, 7) is 9.46. The van der Waals surface area contributed by atoms with E-state index in [2.05, 4.69) is 27.7 Å². The molecule has 64 valence electrons. The minimum Gasteiger partial charge on any atom is -0.0678 e. The van der Waals surface area contributed by atoms with Crippen LogP contribution in [0.15, 0.2) is 0 Å². The quantitative estimate of drug-likeness (QED) is 0.575. The van der Waals surface area contributed by atoms with Gasteiger partial charge in [0.25, 0.3) is 0 Å². The second kappa shape index (κ2) is 6.16. The van der Waals surface area contributed by atoms with Crippen molar-refractivity contribution >= 4 is 19.0 Å². The van der Waals surface area contributed by atoms with Crippen LogP contribution in [0, 0.1) is 0 Å². The summed E-state index contributed by atoms with van der Waals surface area (Å²) < 4.78 is 0. The Balaban J connectivity index is 0. The summed E-state index contributed by atoms with van der Waals surface area (Å²) >= 11 is 0. The highest BCUT2D eigenvalue weighted by Gasteiger charge is 2.23. The molecule has 2 heteroatoms. The molecule has 0 spiro atoms. The first-order chi connectivity index (χ1) is 4.24. The Morgan fingerprint density at radius 2 is 0.900 bits per heavy atom. The predicted octanol–water partition coefficient (Wildman–Crippen LogP) is 2.06. The maximum atomic E-state index is 2.36. The maximum absolute atomic E-state index is 2.36. The molecule has 0 N–H and O–H groups in total. The highest BCUT2D eigenvalue weighted by molar-refractivity contribution is 6.79. The van der Waals surface area contributed by atoms with Crippen LogP contribution >= 0.6 is 0 Å². The fourth-order valence-electron chi connectivity index (χ4n) is 1.50. The first-order valence-corrected chi connectivity index (χ1v) is 7.07. The van der Waals surface area contributed by atoms with E-state index >= 15 is 0 Å². The van der Waals surface area contributed by atoms with Gasteiger partial charge in [-0.15, -0.1) is 0 Å². The third kappa shape index (κ3) is 3.01. The van der Waals surface area contributed by atoms with E-state index in [4.69, 9.17) is 0 Å². The Labute approximate surface area is 71.4 Å². The molecule has 10 heavy (non-hydrogen) atoms. The van der Waals surface area contributed by atoms with Crippen molar-refractivity contribution in [3.8, 4) is 0 Å². The van der Waals surface area contributed by atoms with Crippen molar-refractivity contribution in [3.05, 3.63) is 0 Å². The van der Waals surface area contributed by atoms with Crippen LogP contribution in [0.1, 0.15) is 27.7 Å². The number of hydrogen-bond donors (Lipinski definition) is 0. The molecule has 0 aromatic carbocycles. The summed E-state index contributed by atoms with van der Waals surface area (Å²) in [5.74, 6) is 0. The smallest absolute Gasteiger partial charge is 0.0524 e. The van der Waals surface area contributed by atoms with Gasteiger partial charge in [0.15, 0.2) is 0 Å². The van der Waals surface area contributed by atoms with Gasteiger partial charge in [0.05, 0.1) is 8.07 Å². The van der Waals surface area contributed by atoms with E-state index in [0.717, 1.165) is 0 Å². The van der Waals surface area contributed by atoms with E-state index in [-0.39, 0.29) is 11.0 Å². The van der Waals surface area contributed by atoms with E-state index in [1.807, 2.05) is 0 Å². The monoisotopic (exact) mass is 176 g/mol. The van der Waals surface area contributed by atoms with Crippen LogP contribution in [0.5, 0.6) is 0 Å².